The number of carbonyl (C=O) groups is 1. The molecule has 0 saturated carbocycles. The van der Waals surface area contributed by atoms with Gasteiger partial charge in [-0.3, -0.25) is 10.1 Å². The molecule has 0 aliphatic carbocycles. The van der Waals surface area contributed by atoms with Crippen molar-refractivity contribution in [1.82, 2.24) is 10.2 Å². The molecule has 0 unspecified atom stereocenters. The maximum absolute atomic E-state index is 12.3. The maximum Gasteiger partial charge on any atom is 0.267 e. The van der Waals surface area contributed by atoms with Crippen molar-refractivity contribution in [1.29, 1.82) is 0 Å². The minimum atomic E-state index is -0.131. The molecule has 3 aromatic rings. The minimum absolute atomic E-state index is 0.131. The van der Waals surface area contributed by atoms with Gasteiger partial charge in [-0.05, 0) is 23.6 Å². The number of carbonyl (C=O) groups excluding carboxylic acids is 1. The summed E-state index contributed by atoms with van der Waals surface area (Å²) in [5.74, 6) is -0.131. The van der Waals surface area contributed by atoms with Crippen LogP contribution in [0.2, 0.25) is 0 Å². The maximum atomic E-state index is 12.3. The Morgan fingerprint density at radius 3 is 2.76 bits per heavy atom. The van der Waals surface area contributed by atoms with Gasteiger partial charge in [0.05, 0.1) is 4.88 Å². The first-order chi connectivity index (χ1) is 10.3. The number of rotatable bonds is 4. The highest BCUT2D eigenvalue weighted by atomic mass is 32.1. The van der Waals surface area contributed by atoms with E-state index in [1.54, 1.807) is 5.51 Å². The van der Waals surface area contributed by atoms with Gasteiger partial charge in [-0.1, -0.05) is 48.6 Å². The second kappa shape index (κ2) is 6.15. The molecule has 1 aromatic carbocycles. The molecule has 0 fully saturated rings. The molecule has 0 aliphatic rings. The fourth-order valence-electron chi connectivity index (χ4n) is 2.02. The van der Waals surface area contributed by atoms with Gasteiger partial charge in [0.25, 0.3) is 5.91 Å². The normalized spacial score (nSPS) is 10.5. The van der Waals surface area contributed by atoms with Crippen molar-refractivity contribution in [3.63, 3.8) is 0 Å². The lowest BCUT2D eigenvalue weighted by Crippen LogP contribution is -2.09. The summed E-state index contributed by atoms with van der Waals surface area (Å²) in [7, 11) is 0. The topological polar surface area (TPSA) is 54.9 Å². The van der Waals surface area contributed by atoms with E-state index < -0.39 is 0 Å². The smallest absolute Gasteiger partial charge is 0.267 e. The first kappa shape index (κ1) is 13.9. The number of nitrogens with one attached hydrogen (secondary N) is 1. The second-order valence-electron chi connectivity index (χ2n) is 4.38. The van der Waals surface area contributed by atoms with Gasteiger partial charge in [0.15, 0.2) is 0 Å². The third-order valence-electron chi connectivity index (χ3n) is 3.03. The van der Waals surface area contributed by atoms with E-state index in [0.717, 1.165) is 16.9 Å². The molecule has 0 radical (unpaired) electrons. The molecule has 3 rings (SSSR count). The van der Waals surface area contributed by atoms with Crippen LogP contribution in [0.15, 0.2) is 41.9 Å². The van der Waals surface area contributed by atoms with Gasteiger partial charge < -0.3 is 0 Å². The van der Waals surface area contributed by atoms with E-state index in [2.05, 4.69) is 34.6 Å². The Hall–Kier alpha value is -2.05. The van der Waals surface area contributed by atoms with Crippen LogP contribution in [-0.2, 0) is 6.42 Å². The molecular formula is C15H13N3OS2. The predicted octanol–water partition coefficient (Wildman–Crippen LogP) is 4.08. The Kier molecular flexibility index (Phi) is 4.08. The molecule has 1 amide bonds. The molecule has 2 heterocycles. The number of thiophene rings is 1. The first-order valence-electron chi connectivity index (χ1n) is 6.53. The number of hydrogen-bond acceptors (Lipinski definition) is 5. The van der Waals surface area contributed by atoms with Crippen molar-refractivity contribution in [2.75, 3.05) is 5.32 Å². The lowest BCUT2D eigenvalue weighted by Gasteiger charge is -2.00. The molecule has 0 spiro atoms. The quantitative estimate of drug-likeness (QED) is 0.789. The molecule has 4 nitrogen and oxygen atoms in total. The number of aromatic nitrogens is 2. The fourth-order valence-corrected chi connectivity index (χ4v) is 3.62. The summed E-state index contributed by atoms with van der Waals surface area (Å²) in [5.41, 5.74) is 3.93. The van der Waals surface area contributed by atoms with Crippen molar-refractivity contribution < 1.29 is 4.79 Å². The second-order valence-corrected chi connectivity index (χ2v) is 6.27. The van der Waals surface area contributed by atoms with Crippen molar-refractivity contribution >= 4 is 33.7 Å². The van der Waals surface area contributed by atoms with E-state index in [9.17, 15) is 4.79 Å². The highest BCUT2D eigenvalue weighted by Crippen LogP contribution is 2.33. The zero-order valence-corrected chi connectivity index (χ0v) is 13.0. The number of nitrogens with zero attached hydrogens (tertiary/aromatic N) is 2. The average molecular weight is 315 g/mol. The fraction of sp³-hybridized carbons (Fsp3) is 0.133. The highest BCUT2D eigenvalue weighted by molar-refractivity contribution is 7.18. The van der Waals surface area contributed by atoms with Crippen LogP contribution in [0.1, 0.15) is 22.2 Å². The van der Waals surface area contributed by atoms with E-state index in [-0.39, 0.29) is 5.91 Å². The minimum Gasteiger partial charge on any atom is -0.296 e. The molecule has 0 atom stereocenters. The Labute approximate surface area is 130 Å². The van der Waals surface area contributed by atoms with Crippen molar-refractivity contribution in [2.24, 2.45) is 0 Å². The lowest BCUT2D eigenvalue weighted by molar-refractivity contribution is 0.103. The van der Waals surface area contributed by atoms with Crippen LogP contribution < -0.4 is 5.32 Å². The molecule has 6 heteroatoms. The molecular weight excluding hydrogens is 302 g/mol. The van der Waals surface area contributed by atoms with E-state index >= 15 is 0 Å². The van der Waals surface area contributed by atoms with Crippen molar-refractivity contribution in [3.8, 4) is 10.4 Å². The standard InChI is InChI=1S/C15H13N3OS2/c1-2-10-8-12(14(19)17-15-18-16-9-20-15)21-13(10)11-6-4-3-5-7-11/h3-9H,2H2,1H3,(H,17,18,19). The molecule has 0 saturated heterocycles. The average Bonchev–Trinajstić information content (AvgIpc) is 3.17. The highest BCUT2D eigenvalue weighted by Gasteiger charge is 2.15. The van der Waals surface area contributed by atoms with Crippen LogP contribution in [0.3, 0.4) is 0 Å². The molecule has 106 valence electrons. The summed E-state index contributed by atoms with van der Waals surface area (Å²) in [4.78, 5) is 14.1. The number of aryl methyl sites for hydroxylation is 1. The monoisotopic (exact) mass is 315 g/mol. The Morgan fingerprint density at radius 1 is 1.29 bits per heavy atom. The van der Waals surface area contributed by atoms with Crippen LogP contribution >= 0.6 is 22.7 Å². The summed E-state index contributed by atoms with van der Waals surface area (Å²) in [6.45, 7) is 2.10. The van der Waals surface area contributed by atoms with Crippen LogP contribution in [0.25, 0.3) is 10.4 Å². The van der Waals surface area contributed by atoms with Crippen LogP contribution in [0.4, 0.5) is 5.13 Å². The zero-order chi connectivity index (χ0) is 14.7. The van der Waals surface area contributed by atoms with Crippen LogP contribution in [-0.4, -0.2) is 16.1 Å². The van der Waals surface area contributed by atoms with Gasteiger partial charge in [-0.2, -0.15) is 0 Å². The SMILES string of the molecule is CCc1cc(C(=O)Nc2nncs2)sc1-c1ccccc1. The summed E-state index contributed by atoms with van der Waals surface area (Å²) < 4.78 is 0. The van der Waals surface area contributed by atoms with Gasteiger partial charge in [-0.25, -0.2) is 0 Å². The van der Waals surface area contributed by atoms with Crippen molar-refractivity contribution in [2.45, 2.75) is 13.3 Å². The molecule has 2 aromatic heterocycles. The van der Waals surface area contributed by atoms with Gasteiger partial charge in [0.1, 0.15) is 5.51 Å². The molecule has 1 N–H and O–H groups in total. The predicted molar refractivity (Wildman–Crippen MR) is 87.0 cm³/mol. The van der Waals surface area contributed by atoms with Crippen LogP contribution in [0, 0.1) is 0 Å². The zero-order valence-electron chi connectivity index (χ0n) is 11.4. The third-order valence-corrected chi connectivity index (χ3v) is 4.86. The summed E-state index contributed by atoms with van der Waals surface area (Å²) in [6, 6.07) is 12.1. The lowest BCUT2D eigenvalue weighted by atomic mass is 10.1. The van der Waals surface area contributed by atoms with Gasteiger partial charge in [0, 0.05) is 4.88 Å². The Bertz CT molecular complexity index is 736. The Morgan fingerprint density at radius 2 is 2.10 bits per heavy atom. The van der Waals surface area contributed by atoms with E-state index in [0.29, 0.717) is 10.0 Å². The van der Waals surface area contributed by atoms with Crippen LogP contribution in [0.5, 0.6) is 0 Å². The molecule has 21 heavy (non-hydrogen) atoms. The van der Waals surface area contributed by atoms with E-state index in [4.69, 9.17) is 0 Å². The number of anilines is 1. The molecule has 0 bridgehead atoms. The summed E-state index contributed by atoms with van der Waals surface area (Å²) in [5, 5.41) is 10.8. The number of benzene rings is 1. The first-order valence-corrected chi connectivity index (χ1v) is 8.23. The molecule has 0 aliphatic heterocycles. The Balaban J connectivity index is 1.91. The number of amides is 1. The number of hydrogen-bond donors (Lipinski definition) is 1. The van der Waals surface area contributed by atoms with E-state index in [1.807, 2.05) is 24.3 Å². The van der Waals surface area contributed by atoms with Gasteiger partial charge >= 0.3 is 0 Å². The summed E-state index contributed by atoms with van der Waals surface area (Å²) >= 11 is 2.82. The van der Waals surface area contributed by atoms with Gasteiger partial charge in [0.2, 0.25) is 5.13 Å². The largest absolute Gasteiger partial charge is 0.296 e. The summed E-state index contributed by atoms with van der Waals surface area (Å²) in [6.07, 6.45) is 0.896. The van der Waals surface area contributed by atoms with E-state index in [1.165, 1.54) is 28.2 Å². The van der Waals surface area contributed by atoms with Crippen molar-refractivity contribution in [3.05, 3.63) is 52.3 Å². The third kappa shape index (κ3) is 3.01. The van der Waals surface area contributed by atoms with Gasteiger partial charge in [-0.15, -0.1) is 21.5 Å².